The van der Waals surface area contributed by atoms with E-state index in [1.54, 1.807) is 30.3 Å². The number of para-hydroxylation sites is 2. The Morgan fingerprint density at radius 2 is 1.50 bits per heavy atom. The molecule has 1 saturated heterocycles. The molecule has 0 radical (unpaired) electrons. The molecule has 1 N–H and O–H groups in total. The summed E-state index contributed by atoms with van der Waals surface area (Å²) < 4.78 is 5.44. The van der Waals surface area contributed by atoms with E-state index in [-0.39, 0.29) is 11.4 Å². The van der Waals surface area contributed by atoms with Crippen LogP contribution in [-0.4, -0.2) is 43.2 Å². The zero-order chi connectivity index (χ0) is 19.3. The summed E-state index contributed by atoms with van der Waals surface area (Å²) in [5.41, 5.74) is 2.12. The predicted molar refractivity (Wildman–Crippen MR) is 106 cm³/mol. The fourth-order valence-corrected chi connectivity index (χ4v) is 4.03. The minimum Gasteiger partial charge on any atom is -0.506 e. The zero-order valence-electron chi connectivity index (χ0n) is 15.1. The molecule has 0 bridgehead atoms. The Morgan fingerprint density at radius 1 is 0.786 bits per heavy atom. The second-order valence-corrected chi connectivity index (χ2v) is 6.89. The molecule has 2 aliphatic heterocycles. The van der Waals surface area contributed by atoms with E-state index in [9.17, 15) is 14.7 Å². The lowest BCUT2D eigenvalue weighted by Crippen LogP contribution is -2.41. The number of anilines is 2. The molecule has 2 aliphatic rings. The summed E-state index contributed by atoms with van der Waals surface area (Å²) in [6, 6.07) is 15.6. The van der Waals surface area contributed by atoms with E-state index in [4.69, 9.17) is 4.74 Å². The molecular formula is C22H18N2O4. The van der Waals surface area contributed by atoms with Gasteiger partial charge in [-0.15, -0.1) is 0 Å². The molecule has 0 aromatic heterocycles. The summed E-state index contributed by atoms with van der Waals surface area (Å²) in [5.74, 6) is -0.961. The average Bonchev–Trinajstić information content (AvgIpc) is 2.73. The van der Waals surface area contributed by atoms with Crippen molar-refractivity contribution in [2.24, 2.45) is 0 Å². The first-order valence-corrected chi connectivity index (χ1v) is 9.22. The van der Waals surface area contributed by atoms with Gasteiger partial charge in [0, 0.05) is 40.7 Å². The van der Waals surface area contributed by atoms with E-state index in [1.807, 2.05) is 18.2 Å². The Hall–Kier alpha value is -3.38. The second kappa shape index (κ2) is 6.35. The number of rotatable bonds is 2. The number of imide groups is 1. The number of aromatic hydroxyl groups is 1. The topological polar surface area (TPSA) is 70.1 Å². The third-order valence-corrected chi connectivity index (χ3v) is 5.36. The molecule has 3 aromatic carbocycles. The zero-order valence-corrected chi connectivity index (χ0v) is 15.1. The van der Waals surface area contributed by atoms with Crippen LogP contribution < -0.4 is 9.80 Å². The maximum atomic E-state index is 13.2. The van der Waals surface area contributed by atoms with Gasteiger partial charge in [-0.2, -0.15) is 0 Å². The fourth-order valence-electron chi connectivity index (χ4n) is 4.03. The molecule has 1 fully saturated rings. The Morgan fingerprint density at radius 3 is 2.25 bits per heavy atom. The normalized spacial score (nSPS) is 16.7. The van der Waals surface area contributed by atoms with Gasteiger partial charge in [0.25, 0.3) is 11.8 Å². The van der Waals surface area contributed by atoms with Crippen molar-refractivity contribution < 1.29 is 19.4 Å². The molecule has 2 heterocycles. The van der Waals surface area contributed by atoms with Gasteiger partial charge in [0.05, 0.1) is 18.9 Å². The Kier molecular flexibility index (Phi) is 3.80. The number of hydrogen-bond acceptors (Lipinski definition) is 5. The van der Waals surface area contributed by atoms with Crippen LogP contribution in [0.1, 0.15) is 20.7 Å². The number of morpholine rings is 1. The van der Waals surface area contributed by atoms with Gasteiger partial charge >= 0.3 is 0 Å². The highest BCUT2D eigenvalue weighted by Gasteiger charge is 2.36. The van der Waals surface area contributed by atoms with Gasteiger partial charge in [-0.25, -0.2) is 4.90 Å². The molecule has 5 rings (SSSR count). The van der Waals surface area contributed by atoms with Crippen LogP contribution in [0.5, 0.6) is 5.75 Å². The first kappa shape index (κ1) is 16.8. The molecule has 2 amide bonds. The van der Waals surface area contributed by atoms with Crippen molar-refractivity contribution in [3.63, 3.8) is 0 Å². The third kappa shape index (κ3) is 2.38. The highest BCUT2D eigenvalue weighted by molar-refractivity contribution is 6.36. The third-order valence-electron chi connectivity index (χ3n) is 5.36. The summed E-state index contributed by atoms with van der Waals surface area (Å²) in [6.07, 6.45) is 0. The molecule has 0 unspecified atom stereocenters. The molecule has 28 heavy (non-hydrogen) atoms. The van der Waals surface area contributed by atoms with Crippen molar-refractivity contribution >= 4 is 34.0 Å². The Balaban J connectivity index is 1.70. The van der Waals surface area contributed by atoms with Gasteiger partial charge in [-0.3, -0.25) is 9.59 Å². The highest BCUT2D eigenvalue weighted by Crippen LogP contribution is 2.39. The highest BCUT2D eigenvalue weighted by atomic mass is 16.5. The van der Waals surface area contributed by atoms with Crippen LogP contribution in [0.2, 0.25) is 0 Å². The SMILES string of the molecule is O=C1c2cccc3c(N4CCOCC4)ccc(c23)C(=O)N1c1ccccc1O. The van der Waals surface area contributed by atoms with Crippen molar-refractivity contribution in [2.45, 2.75) is 0 Å². The van der Waals surface area contributed by atoms with Crippen LogP contribution >= 0.6 is 0 Å². The minimum absolute atomic E-state index is 0.107. The summed E-state index contributed by atoms with van der Waals surface area (Å²) in [6.45, 7) is 2.85. The van der Waals surface area contributed by atoms with Gasteiger partial charge in [-0.1, -0.05) is 24.3 Å². The summed E-state index contributed by atoms with van der Waals surface area (Å²) in [5, 5.41) is 11.7. The molecule has 0 aliphatic carbocycles. The Labute approximate surface area is 161 Å². The van der Waals surface area contributed by atoms with Gasteiger partial charge < -0.3 is 14.7 Å². The molecule has 0 spiro atoms. The summed E-state index contributed by atoms with van der Waals surface area (Å²) >= 11 is 0. The molecule has 140 valence electrons. The number of nitrogens with zero attached hydrogens (tertiary/aromatic N) is 2. The van der Waals surface area contributed by atoms with Gasteiger partial charge in [0.2, 0.25) is 0 Å². The lowest BCUT2D eigenvalue weighted by Gasteiger charge is -2.32. The average molecular weight is 374 g/mol. The molecule has 3 aromatic rings. The quantitative estimate of drug-likeness (QED) is 0.698. The second-order valence-electron chi connectivity index (χ2n) is 6.89. The number of ether oxygens (including phenoxy) is 1. The maximum Gasteiger partial charge on any atom is 0.266 e. The first-order chi connectivity index (χ1) is 13.7. The monoisotopic (exact) mass is 374 g/mol. The number of carbonyl (C=O) groups is 2. The lowest BCUT2D eigenvalue weighted by atomic mass is 9.92. The summed E-state index contributed by atoms with van der Waals surface area (Å²) in [4.78, 5) is 29.7. The largest absolute Gasteiger partial charge is 0.506 e. The van der Waals surface area contributed by atoms with E-state index in [0.29, 0.717) is 29.7 Å². The fraction of sp³-hybridized carbons (Fsp3) is 0.182. The molecular weight excluding hydrogens is 356 g/mol. The molecule has 0 atom stereocenters. The maximum absolute atomic E-state index is 13.2. The van der Waals surface area contributed by atoms with E-state index in [1.165, 1.54) is 6.07 Å². The van der Waals surface area contributed by atoms with Gasteiger partial charge in [0.1, 0.15) is 5.75 Å². The predicted octanol–water partition coefficient (Wildman–Crippen LogP) is 3.18. The van der Waals surface area contributed by atoms with Crippen LogP contribution in [0.25, 0.3) is 10.8 Å². The molecule has 0 saturated carbocycles. The van der Waals surface area contributed by atoms with Crippen molar-refractivity contribution in [3.8, 4) is 5.75 Å². The molecule has 6 heteroatoms. The standard InChI is InChI=1S/C22H18N2O4/c25-19-7-2-1-6-18(19)24-21(26)15-5-3-4-14-17(23-10-12-28-13-11-23)9-8-16(20(14)15)22(24)27/h1-9,25H,10-13H2. The number of benzene rings is 3. The van der Waals surface area contributed by atoms with Crippen molar-refractivity contribution in [2.75, 3.05) is 36.1 Å². The number of phenolic OH excluding ortho intramolecular Hbond substituents is 1. The van der Waals surface area contributed by atoms with Crippen LogP contribution in [0, 0.1) is 0 Å². The van der Waals surface area contributed by atoms with Crippen molar-refractivity contribution in [1.82, 2.24) is 0 Å². The van der Waals surface area contributed by atoms with Crippen molar-refractivity contribution in [3.05, 3.63) is 65.7 Å². The van der Waals surface area contributed by atoms with E-state index in [2.05, 4.69) is 4.90 Å². The van der Waals surface area contributed by atoms with Crippen LogP contribution in [0.15, 0.2) is 54.6 Å². The number of hydrogen-bond donors (Lipinski definition) is 1. The van der Waals surface area contributed by atoms with Crippen LogP contribution in [0.4, 0.5) is 11.4 Å². The van der Waals surface area contributed by atoms with E-state index >= 15 is 0 Å². The smallest absolute Gasteiger partial charge is 0.266 e. The number of carbonyl (C=O) groups excluding carboxylic acids is 2. The molecule has 6 nitrogen and oxygen atoms in total. The van der Waals surface area contributed by atoms with Crippen molar-refractivity contribution in [1.29, 1.82) is 0 Å². The van der Waals surface area contributed by atoms with Gasteiger partial charge in [-0.05, 0) is 30.3 Å². The van der Waals surface area contributed by atoms with Crippen LogP contribution in [-0.2, 0) is 4.74 Å². The lowest BCUT2D eigenvalue weighted by molar-refractivity contribution is 0.0892. The Bertz CT molecular complexity index is 1100. The van der Waals surface area contributed by atoms with Gasteiger partial charge in [0.15, 0.2) is 0 Å². The summed E-state index contributed by atoms with van der Waals surface area (Å²) in [7, 11) is 0. The number of phenols is 1. The van der Waals surface area contributed by atoms with E-state index in [0.717, 1.165) is 29.1 Å². The minimum atomic E-state index is -0.427. The van der Waals surface area contributed by atoms with Crippen LogP contribution in [0.3, 0.4) is 0 Å². The van der Waals surface area contributed by atoms with E-state index < -0.39 is 11.8 Å². The first-order valence-electron chi connectivity index (χ1n) is 9.22. The number of amides is 2.